The summed E-state index contributed by atoms with van der Waals surface area (Å²) in [4.78, 5) is 20.4. The number of anilines is 1. The molecule has 1 rings (SSSR count). The Morgan fingerprint density at radius 3 is 2.63 bits per heavy atom. The first-order valence-electron chi connectivity index (χ1n) is 6.50. The van der Waals surface area contributed by atoms with Gasteiger partial charge in [-0.05, 0) is 26.0 Å². The number of carbonyl (C=O) groups is 1. The molecule has 6 heteroatoms. The minimum absolute atomic E-state index is 0.290. The monoisotopic (exact) mass is 283 g/mol. The van der Waals surface area contributed by atoms with Crippen molar-refractivity contribution in [2.45, 2.75) is 44.8 Å². The van der Waals surface area contributed by atoms with Crippen LogP contribution in [-0.4, -0.2) is 34.8 Å². The Morgan fingerprint density at radius 2 is 2.11 bits per heavy atom. The second kappa shape index (κ2) is 7.99. The molecule has 106 valence electrons. The fourth-order valence-electron chi connectivity index (χ4n) is 1.62. The number of carbonyl (C=O) groups excluding carboxylic acids is 1. The number of hydrogen-bond acceptors (Lipinski definition) is 6. The van der Waals surface area contributed by atoms with Gasteiger partial charge in [-0.3, -0.25) is 0 Å². The van der Waals surface area contributed by atoms with E-state index in [9.17, 15) is 4.79 Å². The molecule has 0 aliphatic rings. The van der Waals surface area contributed by atoms with Crippen molar-refractivity contribution >= 4 is 23.5 Å². The molecule has 19 heavy (non-hydrogen) atoms. The number of nitrogens with zero attached hydrogens (tertiary/aromatic N) is 2. The van der Waals surface area contributed by atoms with Crippen LogP contribution in [0.1, 0.15) is 44.0 Å². The van der Waals surface area contributed by atoms with Crippen molar-refractivity contribution in [2.75, 3.05) is 18.2 Å². The zero-order chi connectivity index (χ0) is 14.3. The summed E-state index contributed by atoms with van der Waals surface area (Å²) in [5.74, 6) is 0.176. The van der Waals surface area contributed by atoms with Crippen molar-refractivity contribution in [2.24, 2.45) is 0 Å². The first kappa shape index (κ1) is 15.8. The fourth-order valence-corrected chi connectivity index (χ4v) is 1.96. The molecule has 0 saturated heterocycles. The van der Waals surface area contributed by atoms with E-state index in [0.29, 0.717) is 23.1 Å². The predicted molar refractivity (Wildman–Crippen MR) is 77.8 cm³/mol. The Bertz CT molecular complexity index is 422. The SMILES string of the molecule is CCOC(=O)c1cnc(SC)nc1NC(CC)CC. The Kier molecular flexibility index (Phi) is 6.62. The van der Waals surface area contributed by atoms with Crippen LogP contribution in [0, 0.1) is 0 Å². The summed E-state index contributed by atoms with van der Waals surface area (Å²) < 4.78 is 5.03. The van der Waals surface area contributed by atoms with E-state index >= 15 is 0 Å². The smallest absolute Gasteiger partial charge is 0.343 e. The maximum atomic E-state index is 11.9. The first-order chi connectivity index (χ1) is 9.15. The van der Waals surface area contributed by atoms with Crippen molar-refractivity contribution in [1.82, 2.24) is 9.97 Å². The third-order valence-electron chi connectivity index (χ3n) is 2.77. The largest absolute Gasteiger partial charge is 0.462 e. The number of rotatable bonds is 7. The molecule has 0 radical (unpaired) electrons. The molecule has 1 N–H and O–H groups in total. The van der Waals surface area contributed by atoms with Crippen molar-refractivity contribution in [3.63, 3.8) is 0 Å². The summed E-state index contributed by atoms with van der Waals surface area (Å²) in [6, 6.07) is 0.290. The highest BCUT2D eigenvalue weighted by Gasteiger charge is 2.17. The van der Waals surface area contributed by atoms with Gasteiger partial charge in [-0.15, -0.1) is 0 Å². The second-order valence-electron chi connectivity index (χ2n) is 4.00. The van der Waals surface area contributed by atoms with Crippen LogP contribution in [0.3, 0.4) is 0 Å². The minimum atomic E-state index is -0.386. The summed E-state index contributed by atoms with van der Waals surface area (Å²) in [6.07, 6.45) is 5.37. The molecular formula is C13H21N3O2S. The number of aromatic nitrogens is 2. The van der Waals surface area contributed by atoms with Crippen LogP contribution >= 0.6 is 11.8 Å². The highest BCUT2D eigenvalue weighted by atomic mass is 32.2. The molecule has 1 aromatic heterocycles. The summed E-state index contributed by atoms with van der Waals surface area (Å²) in [5, 5.41) is 3.94. The van der Waals surface area contributed by atoms with E-state index in [1.807, 2.05) is 6.26 Å². The zero-order valence-corrected chi connectivity index (χ0v) is 12.7. The summed E-state index contributed by atoms with van der Waals surface area (Å²) in [5.41, 5.74) is 0.395. The lowest BCUT2D eigenvalue weighted by atomic mass is 10.1. The normalized spacial score (nSPS) is 10.6. The molecule has 0 unspecified atom stereocenters. The molecule has 0 amide bonds. The maximum Gasteiger partial charge on any atom is 0.343 e. The zero-order valence-electron chi connectivity index (χ0n) is 11.9. The Morgan fingerprint density at radius 1 is 1.42 bits per heavy atom. The van der Waals surface area contributed by atoms with E-state index in [1.54, 1.807) is 6.92 Å². The van der Waals surface area contributed by atoms with E-state index in [2.05, 4.69) is 29.1 Å². The Hall–Kier alpha value is -1.30. The van der Waals surface area contributed by atoms with Gasteiger partial charge in [0.05, 0.1) is 6.61 Å². The average molecular weight is 283 g/mol. The van der Waals surface area contributed by atoms with Gasteiger partial charge in [-0.2, -0.15) is 0 Å². The standard InChI is InChI=1S/C13H21N3O2S/c1-5-9(6-2)15-11-10(12(17)18-7-3)8-14-13(16-11)19-4/h8-9H,5-7H2,1-4H3,(H,14,15,16). The molecule has 0 aliphatic heterocycles. The predicted octanol–water partition coefficient (Wildman–Crippen LogP) is 2.98. The van der Waals surface area contributed by atoms with Crippen molar-refractivity contribution in [3.8, 4) is 0 Å². The lowest BCUT2D eigenvalue weighted by molar-refractivity contribution is 0.0526. The van der Waals surface area contributed by atoms with Crippen LogP contribution in [0.4, 0.5) is 5.82 Å². The molecule has 0 fully saturated rings. The van der Waals surface area contributed by atoms with Gasteiger partial charge in [0.25, 0.3) is 0 Å². The topological polar surface area (TPSA) is 64.1 Å². The molecule has 0 spiro atoms. The second-order valence-corrected chi connectivity index (χ2v) is 4.77. The van der Waals surface area contributed by atoms with Gasteiger partial charge in [-0.25, -0.2) is 14.8 Å². The Labute approximate surface area is 118 Å². The van der Waals surface area contributed by atoms with Crippen molar-refractivity contribution < 1.29 is 9.53 Å². The first-order valence-corrected chi connectivity index (χ1v) is 7.73. The van der Waals surface area contributed by atoms with Crippen LogP contribution in [0.2, 0.25) is 0 Å². The van der Waals surface area contributed by atoms with Gasteiger partial charge >= 0.3 is 5.97 Å². The molecule has 0 aliphatic carbocycles. The van der Waals surface area contributed by atoms with Gasteiger partial charge in [0.2, 0.25) is 0 Å². The van der Waals surface area contributed by atoms with E-state index in [1.165, 1.54) is 18.0 Å². The molecular weight excluding hydrogens is 262 g/mol. The van der Waals surface area contributed by atoms with Gasteiger partial charge in [0, 0.05) is 12.2 Å². The molecule has 1 heterocycles. The van der Waals surface area contributed by atoms with Gasteiger partial charge in [-0.1, -0.05) is 25.6 Å². The number of nitrogens with one attached hydrogen (secondary N) is 1. The van der Waals surface area contributed by atoms with E-state index in [0.717, 1.165) is 12.8 Å². The average Bonchev–Trinajstić information content (AvgIpc) is 2.44. The highest BCUT2D eigenvalue weighted by Crippen LogP contribution is 2.19. The van der Waals surface area contributed by atoms with Crippen LogP contribution in [-0.2, 0) is 4.74 Å². The fraction of sp³-hybridized carbons (Fsp3) is 0.615. The third kappa shape index (κ3) is 4.38. The lowest BCUT2D eigenvalue weighted by Crippen LogP contribution is -2.21. The molecule has 1 aromatic rings. The van der Waals surface area contributed by atoms with Gasteiger partial charge in [0.15, 0.2) is 5.16 Å². The van der Waals surface area contributed by atoms with Crippen LogP contribution < -0.4 is 5.32 Å². The van der Waals surface area contributed by atoms with Crippen molar-refractivity contribution in [3.05, 3.63) is 11.8 Å². The minimum Gasteiger partial charge on any atom is -0.462 e. The molecule has 0 bridgehead atoms. The highest BCUT2D eigenvalue weighted by molar-refractivity contribution is 7.98. The molecule has 0 saturated carbocycles. The molecule has 0 aromatic carbocycles. The number of ether oxygens (including phenoxy) is 1. The van der Waals surface area contributed by atoms with Gasteiger partial charge in [0.1, 0.15) is 11.4 Å². The summed E-state index contributed by atoms with van der Waals surface area (Å²) in [7, 11) is 0. The van der Waals surface area contributed by atoms with Crippen LogP contribution in [0.25, 0.3) is 0 Å². The van der Waals surface area contributed by atoms with E-state index < -0.39 is 0 Å². The summed E-state index contributed by atoms with van der Waals surface area (Å²) >= 11 is 1.44. The van der Waals surface area contributed by atoms with E-state index in [-0.39, 0.29) is 12.0 Å². The number of thioether (sulfide) groups is 1. The van der Waals surface area contributed by atoms with Crippen LogP contribution in [0.5, 0.6) is 0 Å². The Balaban J connectivity index is 3.04. The van der Waals surface area contributed by atoms with Gasteiger partial charge < -0.3 is 10.1 Å². The molecule has 5 nitrogen and oxygen atoms in total. The van der Waals surface area contributed by atoms with Crippen molar-refractivity contribution in [1.29, 1.82) is 0 Å². The number of hydrogen-bond donors (Lipinski definition) is 1. The lowest BCUT2D eigenvalue weighted by Gasteiger charge is -2.17. The number of esters is 1. The quantitative estimate of drug-likeness (QED) is 0.471. The maximum absolute atomic E-state index is 11.9. The molecule has 0 atom stereocenters. The third-order valence-corrected chi connectivity index (χ3v) is 3.33. The van der Waals surface area contributed by atoms with E-state index in [4.69, 9.17) is 4.74 Å². The summed E-state index contributed by atoms with van der Waals surface area (Å²) in [6.45, 7) is 6.32. The van der Waals surface area contributed by atoms with Crippen LogP contribution in [0.15, 0.2) is 11.4 Å².